The van der Waals surface area contributed by atoms with Gasteiger partial charge in [0.25, 0.3) is 5.91 Å². The fourth-order valence-corrected chi connectivity index (χ4v) is 2.59. The number of carboxylic acid groups (broad SMARTS) is 1. The summed E-state index contributed by atoms with van der Waals surface area (Å²) in [4.78, 5) is 25.2. The van der Waals surface area contributed by atoms with Crippen LogP contribution in [0.4, 0.5) is 0 Å². The molecule has 1 N–H and O–H groups in total. The third-order valence-corrected chi connectivity index (χ3v) is 3.78. The van der Waals surface area contributed by atoms with Crippen LogP contribution in [0.15, 0.2) is 6.07 Å². The van der Waals surface area contributed by atoms with Gasteiger partial charge in [0, 0.05) is 6.54 Å². The molecule has 7 nitrogen and oxygen atoms in total. The van der Waals surface area contributed by atoms with Gasteiger partial charge in [-0.15, -0.1) is 10.2 Å². The van der Waals surface area contributed by atoms with Gasteiger partial charge in [0.05, 0.1) is 24.8 Å². The van der Waals surface area contributed by atoms with Gasteiger partial charge in [-0.1, -0.05) is 23.2 Å². The zero-order valence-corrected chi connectivity index (χ0v) is 12.6. The number of carboxylic acids is 1. The van der Waals surface area contributed by atoms with Crippen molar-refractivity contribution in [3.05, 3.63) is 21.9 Å². The van der Waals surface area contributed by atoms with E-state index in [0.29, 0.717) is 6.54 Å². The SMILES string of the molecule is CCN(C(=O)c1cc(Cl)nnc1Cl)C1COCC1C(=O)O. The van der Waals surface area contributed by atoms with E-state index in [9.17, 15) is 14.7 Å². The molecule has 1 amide bonds. The maximum atomic E-state index is 12.6. The van der Waals surface area contributed by atoms with Gasteiger partial charge < -0.3 is 14.7 Å². The highest BCUT2D eigenvalue weighted by molar-refractivity contribution is 6.34. The van der Waals surface area contributed by atoms with Gasteiger partial charge in [-0.3, -0.25) is 9.59 Å². The number of aliphatic carboxylic acids is 1. The average Bonchev–Trinajstić information content (AvgIpc) is 2.91. The number of ether oxygens (including phenoxy) is 1. The Balaban J connectivity index is 2.30. The molecule has 114 valence electrons. The summed E-state index contributed by atoms with van der Waals surface area (Å²) in [6, 6.07) is 0.760. The minimum atomic E-state index is -0.999. The summed E-state index contributed by atoms with van der Waals surface area (Å²) in [6.45, 7) is 2.31. The lowest BCUT2D eigenvalue weighted by Crippen LogP contribution is -2.46. The number of aromatic nitrogens is 2. The van der Waals surface area contributed by atoms with Gasteiger partial charge in [0.1, 0.15) is 5.92 Å². The highest BCUT2D eigenvalue weighted by Crippen LogP contribution is 2.24. The maximum absolute atomic E-state index is 12.6. The third kappa shape index (κ3) is 3.25. The lowest BCUT2D eigenvalue weighted by atomic mass is 10.0. The normalized spacial score (nSPS) is 21.3. The van der Waals surface area contributed by atoms with Crippen LogP contribution in [0.1, 0.15) is 17.3 Å². The molecule has 1 saturated heterocycles. The van der Waals surface area contributed by atoms with E-state index in [-0.39, 0.29) is 29.1 Å². The summed E-state index contributed by atoms with van der Waals surface area (Å²) >= 11 is 11.6. The number of hydrogen-bond acceptors (Lipinski definition) is 5. The minimum Gasteiger partial charge on any atom is -0.481 e. The number of rotatable bonds is 4. The molecular weight excluding hydrogens is 321 g/mol. The van der Waals surface area contributed by atoms with Crippen molar-refractivity contribution in [3.8, 4) is 0 Å². The molecule has 0 aromatic carbocycles. The molecule has 2 atom stereocenters. The standard InChI is InChI=1S/C12H13Cl2N3O4/c1-2-17(8-5-21-4-7(8)12(19)20)11(18)6-3-9(13)15-16-10(6)14/h3,7-8H,2,4-5H2,1H3,(H,19,20). The molecule has 0 saturated carbocycles. The molecule has 1 aliphatic heterocycles. The van der Waals surface area contributed by atoms with Gasteiger partial charge in [-0.05, 0) is 13.0 Å². The highest BCUT2D eigenvalue weighted by Gasteiger charge is 2.40. The number of carbonyl (C=O) groups is 2. The van der Waals surface area contributed by atoms with Crippen molar-refractivity contribution in [2.45, 2.75) is 13.0 Å². The Morgan fingerprint density at radius 2 is 2.14 bits per heavy atom. The zero-order chi connectivity index (χ0) is 15.6. The Morgan fingerprint density at radius 3 is 2.76 bits per heavy atom. The lowest BCUT2D eigenvalue weighted by Gasteiger charge is -2.29. The fourth-order valence-electron chi connectivity index (χ4n) is 2.27. The van der Waals surface area contributed by atoms with E-state index in [0.717, 1.165) is 0 Å². The number of amides is 1. The molecule has 1 aromatic rings. The Morgan fingerprint density at radius 1 is 1.43 bits per heavy atom. The molecule has 21 heavy (non-hydrogen) atoms. The number of likely N-dealkylation sites (N-methyl/N-ethyl adjacent to an activating group) is 1. The molecule has 9 heteroatoms. The third-order valence-electron chi connectivity index (χ3n) is 3.32. The summed E-state index contributed by atoms with van der Waals surface area (Å²) in [6.07, 6.45) is 0. The molecule has 1 fully saturated rings. The number of carbonyl (C=O) groups excluding carboxylic acids is 1. The van der Waals surface area contributed by atoms with Gasteiger partial charge in [0.2, 0.25) is 0 Å². The minimum absolute atomic E-state index is 0.0382. The van der Waals surface area contributed by atoms with Crippen LogP contribution in [-0.4, -0.2) is 57.9 Å². The van der Waals surface area contributed by atoms with Crippen LogP contribution < -0.4 is 0 Å². The zero-order valence-electron chi connectivity index (χ0n) is 11.1. The van der Waals surface area contributed by atoms with Gasteiger partial charge in [-0.25, -0.2) is 0 Å². The molecule has 2 heterocycles. The highest BCUT2D eigenvalue weighted by atomic mass is 35.5. The summed E-state index contributed by atoms with van der Waals surface area (Å²) in [5, 5.41) is 16.3. The van der Waals surface area contributed by atoms with E-state index >= 15 is 0 Å². The Kier molecular flexibility index (Phi) is 4.97. The second kappa shape index (κ2) is 6.55. The summed E-state index contributed by atoms with van der Waals surface area (Å²) < 4.78 is 5.19. The van der Waals surface area contributed by atoms with Crippen LogP contribution in [-0.2, 0) is 9.53 Å². The molecule has 1 aromatic heterocycles. The summed E-state index contributed by atoms with van der Waals surface area (Å²) in [5.74, 6) is -2.21. The van der Waals surface area contributed by atoms with Crippen molar-refractivity contribution in [3.63, 3.8) is 0 Å². The van der Waals surface area contributed by atoms with Crippen molar-refractivity contribution in [2.75, 3.05) is 19.8 Å². The second-order valence-electron chi connectivity index (χ2n) is 4.51. The molecule has 2 rings (SSSR count). The first-order valence-electron chi connectivity index (χ1n) is 6.26. The van der Waals surface area contributed by atoms with Crippen LogP contribution in [0.2, 0.25) is 10.3 Å². The predicted molar refractivity (Wildman–Crippen MR) is 74.5 cm³/mol. The molecule has 0 bridgehead atoms. The van der Waals surface area contributed by atoms with E-state index in [4.69, 9.17) is 27.9 Å². The quantitative estimate of drug-likeness (QED) is 0.893. The van der Waals surface area contributed by atoms with E-state index in [2.05, 4.69) is 10.2 Å². The van der Waals surface area contributed by atoms with E-state index in [1.54, 1.807) is 6.92 Å². The van der Waals surface area contributed by atoms with Gasteiger partial charge in [-0.2, -0.15) is 0 Å². The Hall–Kier alpha value is -1.44. The van der Waals surface area contributed by atoms with Crippen molar-refractivity contribution >= 4 is 35.1 Å². The van der Waals surface area contributed by atoms with Crippen molar-refractivity contribution < 1.29 is 19.4 Å². The van der Waals surface area contributed by atoms with E-state index in [1.165, 1.54) is 11.0 Å². The summed E-state index contributed by atoms with van der Waals surface area (Å²) in [5.41, 5.74) is 0.0922. The Labute approximate surface area is 130 Å². The molecule has 1 aliphatic rings. The van der Waals surface area contributed by atoms with E-state index < -0.39 is 23.8 Å². The largest absolute Gasteiger partial charge is 0.481 e. The average molecular weight is 334 g/mol. The van der Waals surface area contributed by atoms with Crippen LogP contribution in [0.25, 0.3) is 0 Å². The number of halogens is 2. The van der Waals surface area contributed by atoms with Gasteiger partial charge >= 0.3 is 5.97 Å². The smallest absolute Gasteiger partial charge is 0.311 e. The molecule has 0 radical (unpaired) electrons. The molecule has 0 aliphatic carbocycles. The topological polar surface area (TPSA) is 92.6 Å². The molecule has 2 unspecified atom stereocenters. The predicted octanol–water partition coefficient (Wildman–Crippen LogP) is 1.35. The molecule has 0 spiro atoms. The summed E-state index contributed by atoms with van der Waals surface area (Å²) in [7, 11) is 0. The van der Waals surface area contributed by atoms with Crippen LogP contribution in [0, 0.1) is 5.92 Å². The second-order valence-corrected chi connectivity index (χ2v) is 5.26. The first-order chi connectivity index (χ1) is 9.95. The van der Waals surface area contributed by atoms with Gasteiger partial charge in [0.15, 0.2) is 10.3 Å². The Bertz CT molecular complexity index is 569. The van der Waals surface area contributed by atoms with Crippen LogP contribution in [0.3, 0.4) is 0 Å². The monoisotopic (exact) mass is 333 g/mol. The van der Waals surface area contributed by atoms with Crippen molar-refractivity contribution in [1.29, 1.82) is 0 Å². The lowest BCUT2D eigenvalue weighted by molar-refractivity contribution is -0.142. The number of hydrogen-bond donors (Lipinski definition) is 1. The number of nitrogens with zero attached hydrogens (tertiary/aromatic N) is 3. The van der Waals surface area contributed by atoms with Crippen LogP contribution >= 0.6 is 23.2 Å². The molecular formula is C12H13Cl2N3O4. The van der Waals surface area contributed by atoms with E-state index in [1.807, 2.05) is 0 Å². The fraction of sp³-hybridized carbons (Fsp3) is 0.500. The van der Waals surface area contributed by atoms with Crippen molar-refractivity contribution in [2.24, 2.45) is 5.92 Å². The van der Waals surface area contributed by atoms with Crippen LogP contribution in [0.5, 0.6) is 0 Å². The van der Waals surface area contributed by atoms with Crippen molar-refractivity contribution in [1.82, 2.24) is 15.1 Å². The maximum Gasteiger partial charge on any atom is 0.311 e. The first-order valence-corrected chi connectivity index (χ1v) is 7.01. The first kappa shape index (κ1) is 15.9.